The van der Waals surface area contributed by atoms with Crippen LogP contribution in [-0.4, -0.2) is 28.3 Å². The molecule has 10 heavy (non-hydrogen) atoms. The highest BCUT2D eigenvalue weighted by Crippen LogP contribution is 2.28. The van der Waals surface area contributed by atoms with Crippen molar-refractivity contribution in [3.05, 3.63) is 0 Å². The fourth-order valence-corrected chi connectivity index (χ4v) is 2.38. The topological polar surface area (TPSA) is 46.2 Å². The molecular formula is C7H15NOS. The molecule has 1 rings (SSSR count). The van der Waals surface area contributed by atoms with Crippen LogP contribution >= 0.6 is 11.8 Å². The molecule has 60 valence electrons. The third-order valence-electron chi connectivity index (χ3n) is 2.21. The van der Waals surface area contributed by atoms with Gasteiger partial charge in [-0.3, -0.25) is 0 Å². The molecule has 2 nitrogen and oxygen atoms in total. The predicted octanol–water partition coefficient (Wildman–Crippen LogP) is 0.592. The maximum Gasteiger partial charge on any atom is 0.0810 e. The highest BCUT2D eigenvalue weighted by atomic mass is 32.2. The van der Waals surface area contributed by atoms with Gasteiger partial charge < -0.3 is 10.8 Å². The molecule has 0 saturated carbocycles. The van der Waals surface area contributed by atoms with Crippen molar-refractivity contribution in [3.8, 4) is 0 Å². The molecule has 0 aliphatic carbocycles. The van der Waals surface area contributed by atoms with Crippen LogP contribution in [0.4, 0.5) is 0 Å². The van der Waals surface area contributed by atoms with E-state index in [0.29, 0.717) is 0 Å². The normalized spacial score (nSPS) is 27.9. The first-order valence-corrected chi connectivity index (χ1v) is 4.86. The van der Waals surface area contributed by atoms with E-state index < -0.39 is 5.60 Å². The quantitative estimate of drug-likeness (QED) is 0.592. The van der Waals surface area contributed by atoms with E-state index in [4.69, 9.17) is 5.73 Å². The van der Waals surface area contributed by atoms with Crippen LogP contribution in [-0.2, 0) is 0 Å². The smallest absolute Gasteiger partial charge is 0.0810 e. The lowest BCUT2D eigenvalue weighted by Crippen LogP contribution is -2.48. The second kappa shape index (κ2) is 3.11. The summed E-state index contributed by atoms with van der Waals surface area (Å²) in [5.74, 6) is 2.11. The monoisotopic (exact) mass is 161 g/mol. The Hall–Kier alpha value is 0.270. The van der Waals surface area contributed by atoms with Crippen LogP contribution in [0.15, 0.2) is 0 Å². The van der Waals surface area contributed by atoms with Gasteiger partial charge in [0.2, 0.25) is 0 Å². The van der Waals surface area contributed by atoms with Crippen LogP contribution in [0.5, 0.6) is 0 Å². The zero-order valence-electron chi connectivity index (χ0n) is 6.34. The number of nitrogens with two attached hydrogens (primary N) is 1. The van der Waals surface area contributed by atoms with Crippen molar-refractivity contribution >= 4 is 11.8 Å². The van der Waals surface area contributed by atoms with Crippen molar-refractivity contribution in [2.45, 2.75) is 31.4 Å². The van der Waals surface area contributed by atoms with Gasteiger partial charge >= 0.3 is 0 Å². The molecule has 0 amide bonds. The average Bonchev–Trinajstić information content (AvgIpc) is 1.89. The molecule has 3 heteroatoms. The highest BCUT2D eigenvalue weighted by molar-refractivity contribution is 7.99. The Morgan fingerprint density at radius 1 is 1.50 bits per heavy atom. The van der Waals surface area contributed by atoms with E-state index in [9.17, 15) is 5.11 Å². The standard InChI is InChI=1S/C7H15NOS/c1-6(8)7(9)2-4-10-5-3-7/h6,9H,2-5,8H2,1H3. The summed E-state index contributed by atoms with van der Waals surface area (Å²) in [5.41, 5.74) is 5.08. The first-order valence-electron chi connectivity index (χ1n) is 3.71. The Labute approximate surface area is 66.2 Å². The fraction of sp³-hybridized carbons (Fsp3) is 1.00. The number of aliphatic hydroxyl groups is 1. The van der Waals surface area contributed by atoms with E-state index >= 15 is 0 Å². The molecule has 0 bridgehead atoms. The first-order chi connectivity index (χ1) is 4.65. The van der Waals surface area contributed by atoms with Gasteiger partial charge in [0.1, 0.15) is 0 Å². The van der Waals surface area contributed by atoms with Gasteiger partial charge in [-0.25, -0.2) is 0 Å². The molecule has 0 aromatic heterocycles. The van der Waals surface area contributed by atoms with Crippen LogP contribution in [0.25, 0.3) is 0 Å². The minimum absolute atomic E-state index is 0.0756. The van der Waals surface area contributed by atoms with Crippen LogP contribution in [0.1, 0.15) is 19.8 Å². The van der Waals surface area contributed by atoms with Crippen LogP contribution < -0.4 is 5.73 Å². The summed E-state index contributed by atoms with van der Waals surface area (Å²) >= 11 is 1.90. The molecular weight excluding hydrogens is 146 g/mol. The molecule has 1 atom stereocenters. The van der Waals surface area contributed by atoms with E-state index in [1.807, 2.05) is 18.7 Å². The van der Waals surface area contributed by atoms with Gasteiger partial charge in [0.25, 0.3) is 0 Å². The van der Waals surface area contributed by atoms with Crippen molar-refractivity contribution in [1.82, 2.24) is 0 Å². The Bertz CT molecular complexity index is 110. The van der Waals surface area contributed by atoms with Gasteiger partial charge in [-0.2, -0.15) is 11.8 Å². The SMILES string of the molecule is CC(N)C1(O)CCSCC1. The third kappa shape index (κ3) is 1.65. The second-order valence-electron chi connectivity index (χ2n) is 3.00. The summed E-state index contributed by atoms with van der Waals surface area (Å²) in [5, 5.41) is 9.81. The maximum absolute atomic E-state index is 9.81. The molecule has 0 aromatic rings. The average molecular weight is 161 g/mol. The second-order valence-corrected chi connectivity index (χ2v) is 4.23. The van der Waals surface area contributed by atoms with Crippen LogP contribution in [0, 0.1) is 0 Å². The molecule has 1 aliphatic heterocycles. The Morgan fingerprint density at radius 3 is 2.30 bits per heavy atom. The Morgan fingerprint density at radius 2 is 2.00 bits per heavy atom. The Kier molecular flexibility index (Phi) is 2.61. The van der Waals surface area contributed by atoms with E-state index in [2.05, 4.69) is 0 Å². The summed E-state index contributed by atoms with van der Waals surface area (Å²) in [6.07, 6.45) is 1.71. The lowest BCUT2D eigenvalue weighted by molar-refractivity contribution is 0.0117. The molecule has 3 N–H and O–H groups in total. The molecule has 0 radical (unpaired) electrons. The molecule has 0 spiro atoms. The van der Waals surface area contributed by atoms with Crippen LogP contribution in [0.3, 0.4) is 0 Å². The molecule has 0 aromatic carbocycles. The van der Waals surface area contributed by atoms with Crippen molar-refractivity contribution < 1.29 is 5.11 Å². The minimum Gasteiger partial charge on any atom is -0.388 e. The lowest BCUT2D eigenvalue weighted by atomic mass is 9.90. The molecule has 1 heterocycles. The molecule has 1 aliphatic rings. The van der Waals surface area contributed by atoms with Gasteiger partial charge in [-0.15, -0.1) is 0 Å². The third-order valence-corrected chi connectivity index (χ3v) is 3.19. The summed E-state index contributed by atoms with van der Waals surface area (Å²) < 4.78 is 0. The summed E-state index contributed by atoms with van der Waals surface area (Å²) in [4.78, 5) is 0. The van der Waals surface area contributed by atoms with Gasteiger partial charge in [0.05, 0.1) is 5.60 Å². The van der Waals surface area contributed by atoms with Gasteiger partial charge in [-0.1, -0.05) is 0 Å². The van der Waals surface area contributed by atoms with Crippen molar-refractivity contribution in [1.29, 1.82) is 0 Å². The predicted molar refractivity (Wildman–Crippen MR) is 45.2 cm³/mol. The first kappa shape index (κ1) is 8.37. The highest BCUT2D eigenvalue weighted by Gasteiger charge is 2.32. The van der Waals surface area contributed by atoms with E-state index in [1.54, 1.807) is 0 Å². The van der Waals surface area contributed by atoms with Gasteiger partial charge in [0, 0.05) is 6.04 Å². The number of hydrogen-bond donors (Lipinski definition) is 2. The van der Waals surface area contributed by atoms with Crippen molar-refractivity contribution in [2.75, 3.05) is 11.5 Å². The lowest BCUT2D eigenvalue weighted by Gasteiger charge is -2.34. The van der Waals surface area contributed by atoms with E-state index in [0.717, 1.165) is 24.3 Å². The fourth-order valence-electron chi connectivity index (χ4n) is 1.18. The van der Waals surface area contributed by atoms with E-state index in [1.165, 1.54) is 0 Å². The number of thioether (sulfide) groups is 1. The maximum atomic E-state index is 9.81. The summed E-state index contributed by atoms with van der Waals surface area (Å²) in [6, 6.07) is -0.0756. The van der Waals surface area contributed by atoms with Gasteiger partial charge in [0.15, 0.2) is 0 Å². The van der Waals surface area contributed by atoms with Crippen LogP contribution in [0.2, 0.25) is 0 Å². The number of hydrogen-bond acceptors (Lipinski definition) is 3. The van der Waals surface area contributed by atoms with Crippen molar-refractivity contribution in [2.24, 2.45) is 5.73 Å². The number of rotatable bonds is 1. The zero-order chi connectivity index (χ0) is 7.61. The van der Waals surface area contributed by atoms with E-state index in [-0.39, 0.29) is 6.04 Å². The van der Waals surface area contributed by atoms with Crippen molar-refractivity contribution in [3.63, 3.8) is 0 Å². The summed E-state index contributed by atoms with van der Waals surface area (Å²) in [7, 11) is 0. The Balaban J connectivity index is 2.48. The zero-order valence-corrected chi connectivity index (χ0v) is 7.16. The molecule has 1 fully saturated rings. The molecule has 1 unspecified atom stereocenters. The largest absolute Gasteiger partial charge is 0.388 e. The minimum atomic E-state index is -0.564. The molecule has 1 saturated heterocycles. The summed E-state index contributed by atoms with van der Waals surface area (Å²) in [6.45, 7) is 1.88. The van der Waals surface area contributed by atoms with Gasteiger partial charge in [-0.05, 0) is 31.3 Å².